The topological polar surface area (TPSA) is 64.7 Å². The van der Waals surface area contributed by atoms with Crippen molar-refractivity contribution in [1.82, 2.24) is 15.0 Å². The van der Waals surface area contributed by atoms with E-state index in [1.165, 1.54) is 11.3 Å². The highest BCUT2D eigenvalue weighted by atomic mass is 32.1. The van der Waals surface area contributed by atoms with E-state index in [2.05, 4.69) is 15.0 Å². The van der Waals surface area contributed by atoms with Crippen molar-refractivity contribution >= 4 is 11.3 Å². The van der Waals surface area contributed by atoms with E-state index in [4.69, 9.17) is 5.73 Å². The summed E-state index contributed by atoms with van der Waals surface area (Å²) in [6, 6.07) is 2.00. The lowest BCUT2D eigenvalue weighted by Gasteiger charge is -2.04. The fourth-order valence-electron chi connectivity index (χ4n) is 1.29. The van der Waals surface area contributed by atoms with E-state index in [1.807, 2.05) is 18.4 Å². The highest BCUT2D eigenvalue weighted by molar-refractivity contribution is 7.07. The lowest BCUT2D eigenvalue weighted by molar-refractivity contribution is 0.720. The van der Waals surface area contributed by atoms with E-state index in [0.29, 0.717) is 5.82 Å². The zero-order valence-electron chi connectivity index (χ0n) is 8.42. The first-order valence-corrected chi connectivity index (χ1v) is 5.66. The van der Waals surface area contributed by atoms with Crippen molar-refractivity contribution in [2.24, 2.45) is 5.73 Å². The van der Waals surface area contributed by atoms with Crippen LogP contribution in [0.15, 0.2) is 23.2 Å². The van der Waals surface area contributed by atoms with Gasteiger partial charge in [-0.3, -0.25) is 0 Å². The van der Waals surface area contributed by atoms with Gasteiger partial charge in [-0.25, -0.2) is 15.0 Å². The first kappa shape index (κ1) is 10.2. The van der Waals surface area contributed by atoms with E-state index >= 15 is 0 Å². The largest absolute Gasteiger partial charge is 0.328 e. The SMILES string of the molecule is CC(N)Cc1ccnc(-c2cscn2)n1. The molecule has 0 bridgehead atoms. The molecular formula is C10H12N4S. The van der Waals surface area contributed by atoms with Crippen molar-refractivity contribution in [2.75, 3.05) is 0 Å². The number of nitrogens with two attached hydrogens (primary N) is 1. The Morgan fingerprint density at radius 3 is 3.00 bits per heavy atom. The molecule has 0 radical (unpaired) electrons. The minimum atomic E-state index is 0.114. The second-order valence-electron chi connectivity index (χ2n) is 3.43. The number of thiazole rings is 1. The van der Waals surface area contributed by atoms with Gasteiger partial charge in [0.1, 0.15) is 5.69 Å². The van der Waals surface area contributed by atoms with Crippen molar-refractivity contribution in [3.8, 4) is 11.5 Å². The van der Waals surface area contributed by atoms with Gasteiger partial charge in [0, 0.05) is 29.7 Å². The summed E-state index contributed by atoms with van der Waals surface area (Å²) in [7, 11) is 0. The van der Waals surface area contributed by atoms with Crippen LogP contribution >= 0.6 is 11.3 Å². The monoisotopic (exact) mass is 220 g/mol. The van der Waals surface area contributed by atoms with E-state index in [-0.39, 0.29) is 6.04 Å². The fourth-order valence-corrected chi connectivity index (χ4v) is 1.82. The van der Waals surface area contributed by atoms with E-state index in [9.17, 15) is 0 Å². The van der Waals surface area contributed by atoms with Crippen LogP contribution in [0.1, 0.15) is 12.6 Å². The highest BCUT2D eigenvalue weighted by Gasteiger charge is 2.05. The molecular weight excluding hydrogens is 208 g/mol. The number of nitrogens with zero attached hydrogens (tertiary/aromatic N) is 3. The van der Waals surface area contributed by atoms with Gasteiger partial charge in [0.25, 0.3) is 0 Å². The lowest BCUT2D eigenvalue weighted by Crippen LogP contribution is -2.18. The maximum absolute atomic E-state index is 5.72. The Balaban J connectivity index is 2.27. The molecule has 0 aliphatic carbocycles. The molecule has 0 fully saturated rings. The van der Waals surface area contributed by atoms with Crippen LogP contribution < -0.4 is 5.73 Å². The quantitative estimate of drug-likeness (QED) is 0.851. The highest BCUT2D eigenvalue weighted by Crippen LogP contribution is 2.14. The summed E-state index contributed by atoms with van der Waals surface area (Å²) in [6.45, 7) is 1.96. The molecule has 1 atom stereocenters. The minimum Gasteiger partial charge on any atom is -0.328 e. The second kappa shape index (κ2) is 4.46. The molecule has 0 aromatic carbocycles. The van der Waals surface area contributed by atoms with Crippen LogP contribution in [0.3, 0.4) is 0 Å². The summed E-state index contributed by atoms with van der Waals surface area (Å²) in [6.07, 6.45) is 2.51. The third kappa shape index (κ3) is 2.57. The van der Waals surface area contributed by atoms with Crippen molar-refractivity contribution in [3.63, 3.8) is 0 Å². The van der Waals surface area contributed by atoms with Gasteiger partial charge in [-0.05, 0) is 13.0 Å². The minimum absolute atomic E-state index is 0.114. The summed E-state index contributed by atoms with van der Waals surface area (Å²) >= 11 is 1.54. The van der Waals surface area contributed by atoms with Crippen LogP contribution in [0, 0.1) is 0 Å². The number of hydrogen-bond acceptors (Lipinski definition) is 5. The smallest absolute Gasteiger partial charge is 0.179 e. The predicted molar refractivity (Wildman–Crippen MR) is 60.5 cm³/mol. The zero-order chi connectivity index (χ0) is 10.7. The normalized spacial score (nSPS) is 12.7. The van der Waals surface area contributed by atoms with E-state index < -0.39 is 0 Å². The Morgan fingerprint density at radius 2 is 2.33 bits per heavy atom. The molecule has 2 heterocycles. The van der Waals surface area contributed by atoms with Gasteiger partial charge in [0.05, 0.1) is 5.51 Å². The Kier molecular flexibility index (Phi) is 3.03. The van der Waals surface area contributed by atoms with Crippen molar-refractivity contribution in [3.05, 3.63) is 28.8 Å². The van der Waals surface area contributed by atoms with Gasteiger partial charge in [-0.2, -0.15) is 0 Å². The van der Waals surface area contributed by atoms with Crippen LogP contribution in [-0.4, -0.2) is 21.0 Å². The third-order valence-electron chi connectivity index (χ3n) is 1.91. The predicted octanol–water partition coefficient (Wildman–Crippen LogP) is 1.49. The molecule has 0 aliphatic rings. The van der Waals surface area contributed by atoms with Crippen LogP contribution in [0.2, 0.25) is 0 Å². The average Bonchev–Trinajstić information content (AvgIpc) is 2.69. The summed E-state index contributed by atoms with van der Waals surface area (Å²) in [5.41, 5.74) is 9.28. The summed E-state index contributed by atoms with van der Waals surface area (Å²) in [5, 5.41) is 1.94. The van der Waals surface area contributed by atoms with E-state index in [0.717, 1.165) is 17.8 Å². The molecule has 5 heteroatoms. The summed E-state index contributed by atoms with van der Waals surface area (Å²) in [4.78, 5) is 12.8. The third-order valence-corrected chi connectivity index (χ3v) is 2.49. The molecule has 1 unspecified atom stereocenters. The van der Waals surface area contributed by atoms with Gasteiger partial charge >= 0.3 is 0 Å². The molecule has 0 saturated carbocycles. The van der Waals surface area contributed by atoms with E-state index in [1.54, 1.807) is 11.7 Å². The van der Waals surface area contributed by atoms with Crippen molar-refractivity contribution in [1.29, 1.82) is 0 Å². The fraction of sp³-hybridized carbons (Fsp3) is 0.300. The molecule has 2 N–H and O–H groups in total. The molecule has 15 heavy (non-hydrogen) atoms. The molecule has 0 spiro atoms. The first-order chi connectivity index (χ1) is 7.25. The van der Waals surface area contributed by atoms with Crippen LogP contribution in [0.25, 0.3) is 11.5 Å². The average molecular weight is 220 g/mol. The second-order valence-corrected chi connectivity index (χ2v) is 4.15. The van der Waals surface area contributed by atoms with Crippen LogP contribution in [-0.2, 0) is 6.42 Å². The maximum Gasteiger partial charge on any atom is 0.179 e. The number of rotatable bonds is 3. The molecule has 0 saturated heterocycles. The molecule has 2 aromatic heterocycles. The molecule has 2 rings (SSSR count). The molecule has 0 amide bonds. The molecule has 0 aliphatic heterocycles. The molecule has 2 aromatic rings. The molecule has 78 valence electrons. The maximum atomic E-state index is 5.72. The summed E-state index contributed by atoms with van der Waals surface area (Å²) in [5.74, 6) is 0.675. The lowest BCUT2D eigenvalue weighted by atomic mass is 10.2. The van der Waals surface area contributed by atoms with Gasteiger partial charge < -0.3 is 5.73 Å². The van der Waals surface area contributed by atoms with Gasteiger partial charge in [-0.15, -0.1) is 11.3 Å². The van der Waals surface area contributed by atoms with Gasteiger partial charge in [0.2, 0.25) is 0 Å². The Bertz CT molecular complexity index is 425. The number of aromatic nitrogens is 3. The van der Waals surface area contributed by atoms with Gasteiger partial charge in [0.15, 0.2) is 5.82 Å². The standard InChI is InChI=1S/C10H12N4S/c1-7(11)4-8-2-3-12-10(14-8)9-5-15-6-13-9/h2-3,5-7H,4,11H2,1H3. The first-order valence-electron chi connectivity index (χ1n) is 4.72. The van der Waals surface area contributed by atoms with Crippen molar-refractivity contribution < 1.29 is 0 Å². The van der Waals surface area contributed by atoms with Gasteiger partial charge in [-0.1, -0.05) is 0 Å². The number of hydrogen-bond donors (Lipinski definition) is 1. The Morgan fingerprint density at radius 1 is 1.47 bits per heavy atom. The zero-order valence-corrected chi connectivity index (χ0v) is 9.24. The Labute approximate surface area is 92.2 Å². The molecule has 4 nitrogen and oxygen atoms in total. The van der Waals surface area contributed by atoms with Crippen LogP contribution in [0.5, 0.6) is 0 Å². The Hall–Kier alpha value is -1.33. The van der Waals surface area contributed by atoms with Crippen LogP contribution in [0.4, 0.5) is 0 Å². The summed E-state index contributed by atoms with van der Waals surface area (Å²) < 4.78 is 0. The van der Waals surface area contributed by atoms with Crippen molar-refractivity contribution in [2.45, 2.75) is 19.4 Å².